The first-order valence-electron chi connectivity index (χ1n) is 5.11. The Balaban J connectivity index is 2.35. The first kappa shape index (κ1) is 13.0. The van der Waals surface area contributed by atoms with Gasteiger partial charge in [0.05, 0.1) is 12.3 Å². The molecule has 0 bridgehead atoms. The maximum Gasteiger partial charge on any atom is 0.303 e. The number of benzene rings is 1. The van der Waals surface area contributed by atoms with Crippen LogP contribution in [-0.4, -0.2) is 24.8 Å². The molecule has 1 aromatic carbocycles. The molecule has 0 radical (unpaired) electrons. The van der Waals surface area contributed by atoms with Crippen molar-refractivity contribution in [3.8, 4) is 5.75 Å². The first-order chi connectivity index (χ1) is 8.22. The Labute approximate surface area is 98.8 Å². The zero-order valence-electron chi connectivity index (χ0n) is 9.50. The van der Waals surface area contributed by atoms with E-state index in [2.05, 4.69) is 15.2 Å². The molecular weight excluding hydrogens is 224 g/mol. The largest absolute Gasteiger partial charge is 0.494 e. The third-order valence-corrected chi connectivity index (χ3v) is 1.88. The first-order valence-corrected chi connectivity index (χ1v) is 5.11. The minimum atomic E-state index is -0.816. The SMILES string of the molecule is CON=Nc1ccc(OCCCC(=O)O)cc1. The van der Waals surface area contributed by atoms with Crippen LogP contribution in [0.2, 0.25) is 0 Å². The van der Waals surface area contributed by atoms with E-state index in [4.69, 9.17) is 9.84 Å². The minimum absolute atomic E-state index is 0.111. The van der Waals surface area contributed by atoms with Gasteiger partial charge >= 0.3 is 5.97 Å². The average Bonchev–Trinajstić information content (AvgIpc) is 2.33. The summed E-state index contributed by atoms with van der Waals surface area (Å²) in [6, 6.07) is 6.94. The minimum Gasteiger partial charge on any atom is -0.494 e. The van der Waals surface area contributed by atoms with Gasteiger partial charge in [0, 0.05) is 11.7 Å². The fourth-order valence-electron chi connectivity index (χ4n) is 1.11. The average molecular weight is 238 g/mol. The molecule has 1 N–H and O–H groups in total. The van der Waals surface area contributed by atoms with E-state index < -0.39 is 5.97 Å². The Bertz CT molecular complexity index is 376. The van der Waals surface area contributed by atoms with Gasteiger partial charge in [-0.2, -0.15) is 0 Å². The molecule has 6 heteroatoms. The molecule has 0 aliphatic rings. The van der Waals surface area contributed by atoms with Crippen LogP contribution in [0.5, 0.6) is 5.75 Å². The predicted octanol–water partition coefficient (Wildman–Crippen LogP) is 2.58. The molecule has 0 atom stereocenters. The second kappa shape index (κ2) is 7.21. The van der Waals surface area contributed by atoms with Gasteiger partial charge in [-0.15, -0.1) is 5.11 Å². The molecular formula is C11H14N2O4. The van der Waals surface area contributed by atoms with Crippen LogP contribution >= 0.6 is 0 Å². The molecule has 0 amide bonds. The van der Waals surface area contributed by atoms with Crippen molar-refractivity contribution in [2.75, 3.05) is 13.7 Å². The van der Waals surface area contributed by atoms with Crippen LogP contribution in [0.15, 0.2) is 34.7 Å². The lowest BCUT2D eigenvalue weighted by Gasteiger charge is -2.04. The molecule has 0 spiro atoms. The standard InChI is InChI=1S/C11H14N2O4/c1-16-13-12-9-4-6-10(7-5-9)17-8-2-3-11(14)15/h4-7H,2-3,8H2,1H3,(H,14,15). The summed E-state index contributed by atoms with van der Waals surface area (Å²) in [6.07, 6.45) is 0.598. The monoisotopic (exact) mass is 238 g/mol. The molecule has 92 valence electrons. The van der Waals surface area contributed by atoms with Crippen molar-refractivity contribution >= 4 is 11.7 Å². The maximum atomic E-state index is 10.3. The van der Waals surface area contributed by atoms with Crippen LogP contribution in [0, 0.1) is 0 Å². The molecule has 0 aromatic heterocycles. The van der Waals surface area contributed by atoms with Gasteiger partial charge in [0.1, 0.15) is 12.9 Å². The summed E-state index contributed by atoms with van der Waals surface area (Å²) < 4.78 is 5.35. The molecule has 0 aliphatic heterocycles. The molecule has 1 aromatic rings. The summed E-state index contributed by atoms with van der Waals surface area (Å²) in [6.45, 7) is 0.380. The lowest BCUT2D eigenvalue weighted by atomic mass is 10.3. The summed E-state index contributed by atoms with van der Waals surface area (Å²) in [5.74, 6) is -0.143. The topological polar surface area (TPSA) is 80.5 Å². The Kier molecular flexibility index (Phi) is 5.50. The molecule has 1 rings (SSSR count). The van der Waals surface area contributed by atoms with E-state index in [1.807, 2.05) is 0 Å². The van der Waals surface area contributed by atoms with Crippen LogP contribution in [0.4, 0.5) is 5.69 Å². The van der Waals surface area contributed by atoms with Crippen molar-refractivity contribution < 1.29 is 19.5 Å². The van der Waals surface area contributed by atoms with Crippen molar-refractivity contribution in [2.45, 2.75) is 12.8 Å². The number of rotatable bonds is 7. The van der Waals surface area contributed by atoms with E-state index in [1.54, 1.807) is 24.3 Å². The predicted molar refractivity (Wildman–Crippen MR) is 60.3 cm³/mol. The molecule has 6 nitrogen and oxygen atoms in total. The third kappa shape index (κ3) is 5.50. The van der Waals surface area contributed by atoms with Crippen molar-refractivity contribution in [2.24, 2.45) is 10.4 Å². The van der Waals surface area contributed by atoms with Gasteiger partial charge in [-0.1, -0.05) is 0 Å². The second-order valence-electron chi connectivity index (χ2n) is 3.20. The highest BCUT2D eigenvalue weighted by Crippen LogP contribution is 2.18. The zero-order chi connectivity index (χ0) is 12.5. The maximum absolute atomic E-state index is 10.3. The molecule has 0 heterocycles. The van der Waals surface area contributed by atoms with Gasteiger partial charge in [0.15, 0.2) is 0 Å². The Hall–Kier alpha value is -2.11. The van der Waals surface area contributed by atoms with Crippen molar-refractivity contribution in [1.29, 1.82) is 0 Å². The number of nitrogens with zero attached hydrogens (tertiary/aromatic N) is 2. The molecule has 17 heavy (non-hydrogen) atoms. The molecule has 0 saturated heterocycles. The van der Waals surface area contributed by atoms with E-state index in [0.29, 0.717) is 24.5 Å². The number of hydrogen-bond donors (Lipinski definition) is 1. The lowest BCUT2D eigenvalue weighted by molar-refractivity contribution is -0.137. The van der Waals surface area contributed by atoms with Crippen LogP contribution < -0.4 is 4.74 Å². The van der Waals surface area contributed by atoms with Crippen molar-refractivity contribution in [3.63, 3.8) is 0 Å². The van der Waals surface area contributed by atoms with Gasteiger partial charge in [0.2, 0.25) is 0 Å². The van der Waals surface area contributed by atoms with Gasteiger partial charge in [-0.05, 0) is 30.7 Å². The van der Waals surface area contributed by atoms with Crippen molar-refractivity contribution in [3.05, 3.63) is 24.3 Å². The molecule has 0 unspecified atom stereocenters. The van der Waals surface area contributed by atoms with Gasteiger partial charge in [0.25, 0.3) is 0 Å². The van der Waals surface area contributed by atoms with E-state index in [0.717, 1.165) is 0 Å². The summed E-state index contributed by atoms with van der Waals surface area (Å²) in [7, 11) is 1.42. The summed E-state index contributed by atoms with van der Waals surface area (Å²) in [5, 5.41) is 15.6. The van der Waals surface area contributed by atoms with Crippen LogP contribution in [0.3, 0.4) is 0 Å². The number of carbonyl (C=O) groups is 1. The molecule has 0 aliphatic carbocycles. The van der Waals surface area contributed by atoms with Gasteiger partial charge in [-0.25, -0.2) is 0 Å². The van der Waals surface area contributed by atoms with Gasteiger partial charge in [-0.3, -0.25) is 4.79 Å². The molecule has 0 saturated carbocycles. The highest BCUT2D eigenvalue weighted by atomic mass is 16.6. The van der Waals surface area contributed by atoms with E-state index in [9.17, 15) is 4.79 Å². The summed E-state index contributed by atoms with van der Waals surface area (Å²) in [4.78, 5) is 14.7. The van der Waals surface area contributed by atoms with Crippen molar-refractivity contribution in [1.82, 2.24) is 0 Å². The summed E-state index contributed by atoms with van der Waals surface area (Å²) >= 11 is 0. The van der Waals surface area contributed by atoms with Crippen LogP contribution in [-0.2, 0) is 9.63 Å². The van der Waals surface area contributed by atoms with Crippen LogP contribution in [0.1, 0.15) is 12.8 Å². The van der Waals surface area contributed by atoms with Gasteiger partial charge < -0.3 is 14.7 Å². The normalized spacial score (nSPS) is 10.4. The quantitative estimate of drug-likeness (QED) is 0.449. The molecule has 0 fully saturated rings. The zero-order valence-corrected chi connectivity index (χ0v) is 9.50. The van der Waals surface area contributed by atoms with Crippen LogP contribution in [0.25, 0.3) is 0 Å². The fraction of sp³-hybridized carbons (Fsp3) is 0.364. The highest BCUT2D eigenvalue weighted by Gasteiger charge is 1.98. The highest BCUT2D eigenvalue weighted by molar-refractivity contribution is 5.66. The van der Waals surface area contributed by atoms with E-state index in [-0.39, 0.29) is 6.42 Å². The number of carboxylic acids is 1. The Morgan fingerprint density at radius 1 is 1.35 bits per heavy atom. The van der Waals surface area contributed by atoms with E-state index in [1.165, 1.54) is 7.11 Å². The lowest BCUT2D eigenvalue weighted by Crippen LogP contribution is -2.01. The second-order valence-corrected chi connectivity index (χ2v) is 3.20. The number of ether oxygens (including phenoxy) is 1. The van der Waals surface area contributed by atoms with E-state index >= 15 is 0 Å². The third-order valence-electron chi connectivity index (χ3n) is 1.88. The summed E-state index contributed by atoms with van der Waals surface area (Å²) in [5.41, 5.74) is 0.657. The smallest absolute Gasteiger partial charge is 0.303 e. The number of carboxylic acid groups (broad SMARTS) is 1. The number of aliphatic carboxylic acids is 1. The number of hydrogen-bond acceptors (Lipinski definition) is 5. The Morgan fingerprint density at radius 2 is 2.06 bits per heavy atom. The Morgan fingerprint density at radius 3 is 2.65 bits per heavy atom. The fourth-order valence-corrected chi connectivity index (χ4v) is 1.11.